The first kappa shape index (κ1) is 26.1. The number of anilines is 2. The van der Waals surface area contributed by atoms with E-state index in [0.29, 0.717) is 18.4 Å². The largest absolute Gasteiger partial charge is 0.378 e. The number of nitrogens with zero attached hydrogens (tertiary/aromatic N) is 1. The Morgan fingerprint density at radius 1 is 0.824 bits per heavy atom. The van der Waals surface area contributed by atoms with E-state index in [-0.39, 0.29) is 0 Å². The fraction of sp³-hybridized carbons (Fsp3) is 0.379. The van der Waals surface area contributed by atoms with Crippen LogP contribution in [0.2, 0.25) is 0 Å². The van der Waals surface area contributed by atoms with E-state index in [1.807, 2.05) is 73.6 Å². The topological polar surface area (TPSA) is 41.6 Å². The molecule has 34 heavy (non-hydrogen) atoms. The molecule has 1 N–H and O–H groups in total. The van der Waals surface area contributed by atoms with E-state index in [4.69, 9.17) is 4.52 Å². The van der Waals surface area contributed by atoms with Gasteiger partial charge < -0.3 is 14.7 Å². The van der Waals surface area contributed by atoms with Crippen LogP contribution in [-0.2, 0) is 9.09 Å². The number of hydrogen-bond acceptors (Lipinski definition) is 4. The van der Waals surface area contributed by atoms with Gasteiger partial charge in [0.2, 0.25) is 0 Å². The first-order chi connectivity index (χ1) is 16.2. The van der Waals surface area contributed by atoms with Crippen molar-refractivity contribution in [3.8, 4) is 0 Å². The van der Waals surface area contributed by atoms with E-state index < -0.39 is 13.2 Å². The number of hydrogen-bond donors (Lipinski definition) is 1. The van der Waals surface area contributed by atoms with Crippen molar-refractivity contribution in [2.75, 3.05) is 30.9 Å². The van der Waals surface area contributed by atoms with Crippen molar-refractivity contribution < 1.29 is 9.09 Å². The van der Waals surface area contributed by atoms with Crippen molar-refractivity contribution in [1.82, 2.24) is 0 Å². The second kappa shape index (κ2) is 11.7. The molecule has 0 aromatic heterocycles. The molecule has 3 aromatic carbocycles. The molecule has 4 nitrogen and oxygen atoms in total. The summed E-state index contributed by atoms with van der Waals surface area (Å²) in [6.07, 6.45) is 0.851. The Labute approximate surface area is 205 Å². The lowest BCUT2D eigenvalue weighted by Gasteiger charge is -2.30. The molecule has 0 bridgehead atoms. The third kappa shape index (κ3) is 6.52. The number of nitrogens with one attached hydrogen (secondary N) is 1. The zero-order valence-corrected chi connectivity index (χ0v) is 22.3. The summed E-state index contributed by atoms with van der Waals surface area (Å²) in [7, 11) is 0.664. The third-order valence-electron chi connectivity index (χ3n) is 6.04. The van der Waals surface area contributed by atoms with E-state index in [9.17, 15) is 4.57 Å². The molecule has 0 aliphatic heterocycles. The van der Waals surface area contributed by atoms with Gasteiger partial charge in [-0.05, 0) is 65.8 Å². The van der Waals surface area contributed by atoms with Gasteiger partial charge in [0.05, 0.1) is 6.61 Å². The highest BCUT2D eigenvalue weighted by atomic mass is 31.2. The van der Waals surface area contributed by atoms with Crippen molar-refractivity contribution in [1.29, 1.82) is 0 Å². The Morgan fingerprint density at radius 2 is 1.41 bits per heavy atom. The van der Waals surface area contributed by atoms with Gasteiger partial charge in [-0.25, -0.2) is 0 Å². The number of para-hydroxylation sites is 1. The maximum Gasteiger partial charge on any atom is 0.258 e. The van der Waals surface area contributed by atoms with E-state index in [1.54, 1.807) is 0 Å². The summed E-state index contributed by atoms with van der Waals surface area (Å²) in [6.45, 7) is 9.12. The average molecular weight is 479 g/mol. The van der Waals surface area contributed by atoms with Gasteiger partial charge in [0.1, 0.15) is 5.78 Å². The van der Waals surface area contributed by atoms with Crippen LogP contribution in [0, 0.1) is 5.92 Å². The average Bonchev–Trinajstić information content (AvgIpc) is 2.83. The van der Waals surface area contributed by atoms with Crippen molar-refractivity contribution in [2.45, 2.75) is 45.8 Å². The lowest BCUT2D eigenvalue weighted by molar-refractivity contribution is 0.290. The van der Waals surface area contributed by atoms with Crippen LogP contribution in [0.4, 0.5) is 11.4 Å². The van der Waals surface area contributed by atoms with Crippen LogP contribution < -0.4 is 15.5 Å². The van der Waals surface area contributed by atoms with Crippen LogP contribution in [0.25, 0.3) is 0 Å². The summed E-state index contributed by atoms with van der Waals surface area (Å²) in [5.41, 5.74) is 4.19. The molecule has 182 valence electrons. The second-order valence-corrected chi connectivity index (χ2v) is 12.2. The Morgan fingerprint density at radius 3 is 1.94 bits per heavy atom. The molecule has 3 rings (SSSR count). The monoisotopic (exact) mass is 478 g/mol. The molecule has 0 spiro atoms. The molecule has 0 radical (unpaired) electrons. The fourth-order valence-electron chi connectivity index (χ4n) is 3.80. The quantitative estimate of drug-likeness (QED) is 0.287. The molecule has 0 aliphatic rings. The fourth-order valence-corrected chi connectivity index (χ4v) is 6.22. The Balaban J connectivity index is 2.09. The molecular formula is C29H39N2O2P. The van der Waals surface area contributed by atoms with Gasteiger partial charge >= 0.3 is 0 Å². The molecule has 3 aromatic rings. The SMILES string of the molecule is CC(C)CCO[P@](=O)(c1ccc(N(C)C)cc1)[C@@H](Nc1ccccc1)c1ccc(C(C)C)cc1. The minimum atomic E-state index is -3.34. The van der Waals surface area contributed by atoms with Crippen molar-refractivity contribution >= 4 is 24.0 Å². The van der Waals surface area contributed by atoms with Crippen LogP contribution in [-0.4, -0.2) is 20.7 Å². The standard InChI is InChI=1S/C29H39N2O2P/c1-22(2)20-21-33-34(32,28-18-16-27(17-19-28)31(5)6)29(30-26-10-8-7-9-11-26)25-14-12-24(13-15-25)23(3)4/h7-19,22-23,29-30H,20-21H2,1-6H3/t29-,34-/m1/s1. The van der Waals surface area contributed by atoms with E-state index in [1.165, 1.54) is 5.56 Å². The summed E-state index contributed by atoms with van der Waals surface area (Å²) < 4.78 is 21.3. The van der Waals surface area contributed by atoms with Gasteiger partial charge in [-0.1, -0.05) is 70.2 Å². The highest BCUT2D eigenvalue weighted by Gasteiger charge is 2.38. The molecule has 0 saturated heterocycles. The molecule has 0 amide bonds. The maximum atomic E-state index is 14.9. The van der Waals surface area contributed by atoms with Crippen LogP contribution in [0.15, 0.2) is 78.9 Å². The molecule has 0 aliphatic carbocycles. The van der Waals surface area contributed by atoms with E-state index in [0.717, 1.165) is 28.7 Å². The second-order valence-electron chi connectivity index (χ2n) is 9.76. The molecule has 5 heteroatoms. The first-order valence-corrected chi connectivity index (χ1v) is 13.8. The van der Waals surface area contributed by atoms with Gasteiger partial charge in [0.15, 0.2) is 0 Å². The smallest absolute Gasteiger partial charge is 0.258 e. The molecule has 0 unspecified atom stereocenters. The highest BCUT2D eigenvalue weighted by molar-refractivity contribution is 7.67. The summed E-state index contributed by atoms with van der Waals surface area (Å²) in [4.78, 5) is 2.04. The van der Waals surface area contributed by atoms with Gasteiger partial charge in [0, 0.05) is 30.8 Å². The van der Waals surface area contributed by atoms with Crippen LogP contribution in [0.5, 0.6) is 0 Å². The zero-order valence-electron chi connectivity index (χ0n) is 21.4. The Hall–Kier alpha value is -2.55. The van der Waals surface area contributed by atoms with Crippen molar-refractivity contribution in [2.24, 2.45) is 5.92 Å². The normalized spacial score (nSPS) is 14.1. The molecule has 0 fully saturated rings. The van der Waals surface area contributed by atoms with Crippen LogP contribution in [0.3, 0.4) is 0 Å². The lowest BCUT2D eigenvalue weighted by atomic mass is 10.0. The minimum Gasteiger partial charge on any atom is -0.378 e. The van der Waals surface area contributed by atoms with E-state index in [2.05, 4.69) is 57.3 Å². The van der Waals surface area contributed by atoms with Crippen molar-refractivity contribution in [3.63, 3.8) is 0 Å². The number of benzene rings is 3. The first-order valence-electron chi connectivity index (χ1n) is 12.1. The van der Waals surface area contributed by atoms with Gasteiger partial charge in [0.25, 0.3) is 7.37 Å². The Kier molecular flexibility index (Phi) is 8.99. The van der Waals surface area contributed by atoms with Crippen LogP contribution in [0.1, 0.15) is 56.9 Å². The molecular weight excluding hydrogens is 439 g/mol. The van der Waals surface area contributed by atoms with Gasteiger partial charge in [-0.15, -0.1) is 0 Å². The summed E-state index contributed by atoms with van der Waals surface area (Å²) in [5, 5.41) is 4.29. The summed E-state index contributed by atoms with van der Waals surface area (Å²) in [6, 6.07) is 26.3. The predicted molar refractivity (Wildman–Crippen MR) is 147 cm³/mol. The van der Waals surface area contributed by atoms with Crippen LogP contribution >= 0.6 is 7.37 Å². The summed E-state index contributed by atoms with van der Waals surface area (Å²) >= 11 is 0. The molecule has 2 atom stereocenters. The predicted octanol–water partition coefficient (Wildman–Crippen LogP) is 7.65. The highest BCUT2D eigenvalue weighted by Crippen LogP contribution is 2.59. The minimum absolute atomic E-state index is 0.433. The number of rotatable bonds is 11. The molecule has 0 heterocycles. The zero-order chi connectivity index (χ0) is 24.7. The van der Waals surface area contributed by atoms with E-state index >= 15 is 0 Å². The Bertz CT molecular complexity index is 1060. The summed E-state index contributed by atoms with van der Waals surface area (Å²) in [5.74, 6) is 0.395. The maximum absolute atomic E-state index is 14.9. The van der Waals surface area contributed by atoms with Crippen molar-refractivity contribution in [3.05, 3.63) is 90.0 Å². The van der Waals surface area contributed by atoms with Gasteiger partial charge in [-0.2, -0.15) is 0 Å². The third-order valence-corrected chi connectivity index (χ3v) is 8.73. The van der Waals surface area contributed by atoms with Gasteiger partial charge in [-0.3, -0.25) is 4.57 Å². The molecule has 0 saturated carbocycles. The lowest BCUT2D eigenvalue weighted by Crippen LogP contribution is -2.21.